The zero-order valence-electron chi connectivity index (χ0n) is 7.24. The van der Waals surface area contributed by atoms with Crippen LogP contribution in [0.4, 0.5) is 4.39 Å². The SMILES string of the molecule is O=C(O)c1nccc(F)c1OC1CC1. The number of carbonyl (C=O) groups is 1. The second-order valence-electron chi connectivity index (χ2n) is 3.09. The Morgan fingerprint density at radius 3 is 2.93 bits per heavy atom. The monoisotopic (exact) mass is 197 g/mol. The molecule has 0 atom stereocenters. The molecule has 1 heterocycles. The van der Waals surface area contributed by atoms with Gasteiger partial charge in [-0.25, -0.2) is 14.2 Å². The van der Waals surface area contributed by atoms with Crippen LogP contribution in [0, 0.1) is 5.82 Å². The highest BCUT2D eigenvalue weighted by molar-refractivity contribution is 5.88. The largest absolute Gasteiger partial charge is 0.485 e. The number of carboxylic acid groups (broad SMARTS) is 1. The van der Waals surface area contributed by atoms with Gasteiger partial charge in [0.15, 0.2) is 17.3 Å². The first kappa shape index (κ1) is 8.93. The van der Waals surface area contributed by atoms with Crippen LogP contribution in [0.2, 0.25) is 0 Å². The van der Waals surface area contributed by atoms with Crippen molar-refractivity contribution in [3.05, 3.63) is 23.8 Å². The number of nitrogens with zero attached hydrogens (tertiary/aromatic N) is 1. The molecule has 1 aliphatic rings. The van der Waals surface area contributed by atoms with E-state index in [2.05, 4.69) is 4.98 Å². The van der Waals surface area contributed by atoms with Crippen LogP contribution >= 0.6 is 0 Å². The van der Waals surface area contributed by atoms with Crippen LogP contribution in [0.3, 0.4) is 0 Å². The first-order chi connectivity index (χ1) is 6.68. The Bertz CT molecular complexity index is 376. The van der Waals surface area contributed by atoms with Gasteiger partial charge in [-0.1, -0.05) is 0 Å². The molecule has 1 N–H and O–H groups in total. The fraction of sp³-hybridized carbons (Fsp3) is 0.333. The lowest BCUT2D eigenvalue weighted by Crippen LogP contribution is -2.08. The highest BCUT2D eigenvalue weighted by Gasteiger charge is 2.28. The van der Waals surface area contributed by atoms with E-state index < -0.39 is 11.8 Å². The van der Waals surface area contributed by atoms with Gasteiger partial charge in [-0.3, -0.25) is 0 Å². The van der Waals surface area contributed by atoms with Crippen molar-refractivity contribution in [2.45, 2.75) is 18.9 Å². The summed E-state index contributed by atoms with van der Waals surface area (Å²) in [5, 5.41) is 8.71. The second-order valence-corrected chi connectivity index (χ2v) is 3.09. The highest BCUT2D eigenvalue weighted by atomic mass is 19.1. The number of halogens is 1. The topological polar surface area (TPSA) is 59.4 Å². The number of ether oxygens (including phenoxy) is 1. The van der Waals surface area contributed by atoms with Crippen molar-refractivity contribution in [3.63, 3.8) is 0 Å². The van der Waals surface area contributed by atoms with Crippen molar-refractivity contribution in [2.24, 2.45) is 0 Å². The Hall–Kier alpha value is -1.65. The quantitative estimate of drug-likeness (QED) is 0.796. The van der Waals surface area contributed by atoms with E-state index in [9.17, 15) is 9.18 Å². The normalized spacial score (nSPS) is 15.2. The number of aromatic carboxylic acids is 1. The fourth-order valence-corrected chi connectivity index (χ4v) is 1.04. The van der Waals surface area contributed by atoms with Crippen LogP contribution in [0.25, 0.3) is 0 Å². The maximum atomic E-state index is 13.2. The predicted molar refractivity (Wildman–Crippen MR) is 44.8 cm³/mol. The van der Waals surface area contributed by atoms with E-state index in [1.54, 1.807) is 0 Å². The fourth-order valence-electron chi connectivity index (χ4n) is 1.04. The molecule has 0 aromatic carbocycles. The molecule has 0 spiro atoms. The molecule has 4 nitrogen and oxygen atoms in total. The van der Waals surface area contributed by atoms with Gasteiger partial charge in [0.25, 0.3) is 0 Å². The van der Waals surface area contributed by atoms with E-state index in [0.29, 0.717) is 0 Å². The van der Waals surface area contributed by atoms with E-state index in [1.807, 2.05) is 0 Å². The summed E-state index contributed by atoms with van der Waals surface area (Å²) in [5.74, 6) is -2.20. The third-order valence-electron chi connectivity index (χ3n) is 1.87. The number of carboxylic acids is 1. The molecule has 0 aliphatic heterocycles. The van der Waals surface area contributed by atoms with Crippen LogP contribution in [0.1, 0.15) is 23.3 Å². The average molecular weight is 197 g/mol. The number of aromatic nitrogens is 1. The third kappa shape index (κ3) is 1.66. The zero-order valence-corrected chi connectivity index (χ0v) is 7.24. The minimum Gasteiger partial charge on any atom is -0.485 e. The number of pyridine rings is 1. The molecule has 1 aromatic rings. The molecule has 74 valence electrons. The second kappa shape index (κ2) is 3.25. The molecule has 1 aliphatic carbocycles. The van der Waals surface area contributed by atoms with Gasteiger partial charge in [-0.05, 0) is 18.9 Å². The van der Waals surface area contributed by atoms with E-state index in [4.69, 9.17) is 9.84 Å². The van der Waals surface area contributed by atoms with E-state index in [0.717, 1.165) is 25.1 Å². The summed E-state index contributed by atoms with van der Waals surface area (Å²) < 4.78 is 18.3. The molecule has 0 amide bonds. The van der Waals surface area contributed by atoms with Gasteiger partial charge in [0.05, 0.1) is 6.10 Å². The Morgan fingerprint density at radius 1 is 1.64 bits per heavy atom. The van der Waals surface area contributed by atoms with Crippen molar-refractivity contribution in [1.82, 2.24) is 4.98 Å². The van der Waals surface area contributed by atoms with Crippen LogP contribution in [-0.4, -0.2) is 22.2 Å². The standard InChI is InChI=1S/C9H8FNO3/c10-6-3-4-11-7(9(12)13)8(6)14-5-1-2-5/h3-5H,1-2H2,(H,12,13). The van der Waals surface area contributed by atoms with Crippen molar-refractivity contribution < 1.29 is 19.0 Å². The molecular formula is C9H8FNO3. The van der Waals surface area contributed by atoms with Crippen molar-refractivity contribution >= 4 is 5.97 Å². The molecule has 1 fully saturated rings. The van der Waals surface area contributed by atoms with Crippen LogP contribution < -0.4 is 4.74 Å². The molecule has 1 aromatic heterocycles. The van der Waals surface area contributed by atoms with Gasteiger partial charge in [0.1, 0.15) is 0 Å². The summed E-state index contributed by atoms with van der Waals surface area (Å²) >= 11 is 0. The third-order valence-corrected chi connectivity index (χ3v) is 1.87. The maximum absolute atomic E-state index is 13.2. The molecule has 0 bridgehead atoms. The maximum Gasteiger partial charge on any atom is 0.358 e. The summed E-state index contributed by atoms with van der Waals surface area (Å²) in [6, 6.07) is 1.09. The van der Waals surface area contributed by atoms with Gasteiger partial charge in [0.2, 0.25) is 0 Å². The van der Waals surface area contributed by atoms with Crippen LogP contribution in [0.15, 0.2) is 12.3 Å². The summed E-state index contributed by atoms with van der Waals surface area (Å²) in [5.41, 5.74) is -0.364. The number of hydrogen-bond donors (Lipinski definition) is 1. The van der Waals surface area contributed by atoms with E-state index >= 15 is 0 Å². The molecule has 1 saturated carbocycles. The Morgan fingerprint density at radius 2 is 2.36 bits per heavy atom. The highest BCUT2D eigenvalue weighted by Crippen LogP contribution is 2.30. The molecule has 0 unspecified atom stereocenters. The van der Waals surface area contributed by atoms with Gasteiger partial charge < -0.3 is 9.84 Å². The molecular weight excluding hydrogens is 189 g/mol. The minimum atomic E-state index is -1.28. The molecule has 0 radical (unpaired) electrons. The smallest absolute Gasteiger partial charge is 0.358 e. The van der Waals surface area contributed by atoms with Gasteiger partial charge in [-0.2, -0.15) is 0 Å². The summed E-state index contributed by atoms with van der Waals surface area (Å²) in [6.45, 7) is 0. The molecule has 2 rings (SSSR count). The van der Waals surface area contributed by atoms with Crippen molar-refractivity contribution in [1.29, 1.82) is 0 Å². The Balaban J connectivity index is 2.36. The van der Waals surface area contributed by atoms with Crippen LogP contribution in [0.5, 0.6) is 5.75 Å². The predicted octanol–water partition coefficient (Wildman–Crippen LogP) is 1.46. The Kier molecular flexibility index (Phi) is 2.07. The lowest BCUT2D eigenvalue weighted by Gasteiger charge is -2.07. The van der Waals surface area contributed by atoms with Crippen LogP contribution in [-0.2, 0) is 0 Å². The van der Waals surface area contributed by atoms with Crippen molar-refractivity contribution in [3.8, 4) is 5.75 Å². The van der Waals surface area contributed by atoms with Crippen molar-refractivity contribution in [2.75, 3.05) is 0 Å². The van der Waals surface area contributed by atoms with E-state index in [1.165, 1.54) is 0 Å². The summed E-state index contributed by atoms with van der Waals surface area (Å²) in [4.78, 5) is 14.2. The lowest BCUT2D eigenvalue weighted by molar-refractivity contribution is 0.0683. The molecule has 5 heteroatoms. The van der Waals surface area contributed by atoms with Gasteiger partial charge in [-0.15, -0.1) is 0 Å². The van der Waals surface area contributed by atoms with Gasteiger partial charge >= 0.3 is 5.97 Å². The van der Waals surface area contributed by atoms with Gasteiger partial charge in [0, 0.05) is 6.20 Å². The first-order valence-corrected chi connectivity index (χ1v) is 4.23. The number of rotatable bonds is 3. The zero-order chi connectivity index (χ0) is 10.1. The number of hydrogen-bond acceptors (Lipinski definition) is 3. The molecule has 0 saturated heterocycles. The minimum absolute atomic E-state index is 0.0493. The van der Waals surface area contributed by atoms with E-state index in [-0.39, 0.29) is 17.5 Å². The summed E-state index contributed by atoms with van der Waals surface area (Å²) in [6.07, 6.45) is 2.74. The average Bonchev–Trinajstić information content (AvgIpc) is 2.91. The Labute approximate surface area is 79.3 Å². The summed E-state index contributed by atoms with van der Waals surface area (Å²) in [7, 11) is 0. The first-order valence-electron chi connectivity index (χ1n) is 4.23. The lowest BCUT2D eigenvalue weighted by atomic mass is 10.3. The molecule has 14 heavy (non-hydrogen) atoms.